The van der Waals surface area contributed by atoms with Gasteiger partial charge in [0, 0.05) is 33.7 Å². The fraction of sp³-hybridized carbons (Fsp3) is 0.250. The zero-order valence-electron chi connectivity index (χ0n) is 15.6. The third kappa shape index (κ3) is 4.09. The van der Waals surface area contributed by atoms with E-state index >= 15 is 0 Å². The molecular formula is C20H21BrN4OS. The average molecular weight is 445 g/mol. The van der Waals surface area contributed by atoms with Crippen LogP contribution >= 0.6 is 27.7 Å². The predicted molar refractivity (Wildman–Crippen MR) is 113 cm³/mol. The Morgan fingerprint density at radius 1 is 1.26 bits per heavy atom. The number of carbonyl (C=O) groups excluding carboxylic acids is 1. The molecule has 0 spiro atoms. The highest BCUT2D eigenvalue weighted by molar-refractivity contribution is 9.10. The minimum absolute atomic E-state index is 0.0835. The second-order valence-corrected chi connectivity index (χ2v) is 8.10. The summed E-state index contributed by atoms with van der Waals surface area (Å²) in [5.41, 5.74) is 3.75. The molecule has 0 N–H and O–H groups in total. The van der Waals surface area contributed by atoms with Gasteiger partial charge >= 0.3 is 0 Å². The normalized spacial score (nSPS) is 11.0. The van der Waals surface area contributed by atoms with Crippen LogP contribution in [0.5, 0.6) is 0 Å². The van der Waals surface area contributed by atoms with Gasteiger partial charge in [-0.2, -0.15) is 0 Å². The monoisotopic (exact) mass is 444 g/mol. The van der Waals surface area contributed by atoms with Gasteiger partial charge in [0.05, 0.1) is 5.75 Å². The van der Waals surface area contributed by atoms with Gasteiger partial charge in [0.25, 0.3) is 0 Å². The Labute approximate surface area is 171 Å². The first-order valence-electron chi connectivity index (χ1n) is 8.54. The zero-order valence-corrected chi connectivity index (χ0v) is 18.0. The molecule has 0 unspecified atom stereocenters. The van der Waals surface area contributed by atoms with Crippen molar-refractivity contribution in [1.29, 1.82) is 0 Å². The van der Waals surface area contributed by atoms with Gasteiger partial charge in [0.1, 0.15) is 5.82 Å². The minimum atomic E-state index is 0.0835. The van der Waals surface area contributed by atoms with Crippen LogP contribution in [0.3, 0.4) is 0 Å². The fourth-order valence-electron chi connectivity index (χ4n) is 3.07. The Morgan fingerprint density at radius 2 is 2.04 bits per heavy atom. The van der Waals surface area contributed by atoms with Crippen molar-refractivity contribution in [1.82, 2.24) is 19.3 Å². The highest BCUT2D eigenvalue weighted by atomic mass is 79.9. The smallest absolute Gasteiger partial charge is 0.191 e. The molecule has 3 aromatic rings. The van der Waals surface area contributed by atoms with Crippen LogP contribution in [0, 0.1) is 20.8 Å². The molecule has 0 aliphatic heterocycles. The van der Waals surface area contributed by atoms with Gasteiger partial charge in [0.2, 0.25) is 0 Å². The maximum Gasteiger partial charge on any atom is 0.191 e. The summed E-state index contributed by atoms with van der Waals surface area (Å²) in [4.78, 5) is 12.9. The second kappa shape index (κ2) is 8.27. The second-order valence-electron chi connectivity index (χ2n) is 6.24. The van der Waals surface area contributed by atoms with Crippen LogP contribution in [0.25, 0.3) is 5.69 Å². The van der Waals surface area contributed by atoms with E-state index in [9.17, 15) is 4.79 Å². The quantitative estimate of drug-likeness (QED) is 0.294. The molecule has 0 amide bonds. The van der Waals surface area contributed by atoms with Crippen molar-refractivity contribution in [3.63, 3.8) is 0 Å². The standard InChI is InChI=1S/C20H21BrN4OS/c1-5-9-24-15(4)22-23-20(24)27-12-19(26)18-10-13(2)25(14(18)3)17-8-6-7-16(21)11-17/h5-8,10-11H,1,9,12H2,2-4H3. The number of hydrogen-bond acceptors (Lipinski definition) is 4. The first-order valence-corrected chi connectivity index (χ1v) is 10.3. The molecule has 0 saturated heterocycles. The van der Waals surface area contributed by atoms with Crippen LogP contribution in [0.4, 0.5) is 0 Å². The van der Waals surface area contributed by atoms with Crippen LogP contribution < -0.4 is 0 Å². The van der Waals surface area contributed by atoms with Gasteiger partial charge in [0.15, 0.2) is 10.9 Å². The van der Waals surface area contributed by atoms with E-state index in [2.05, 4.69) is 37.3 Å². The number of ketones is 1. The molecule has 7 heteroatoms. The number of halogens is 1. The molecule has 5 nitrogen and oxygen atoms in total. The number of allylic oxidation sites excluding steroid dienone is 1. The number of carbonyl (C=O) groups is 1. The summed E-state index contributed by atoms with van der Waals surface area (Å²) in [5, 5.41) is 9.00. The lowest BCUT2D eigenvalue weighted by atomic mass is 10.2. The van der Waals surface area contributed by atoms with Crippen molar-refractivity contribution in [3.8, 4) is 5.69 Å². The number of aromatic nitrogens is 4. The maximum absolute atomic E-state index is 12.9. The van der Waals surface area contributed by atoms with Crippen LogP contribution in [0.1, 0.15) is 27.6 Å². The van der Waals surface area contributed by atoms with Crippen LogP contribution in [-0.2, 0) is 6.54 Å². The summed E-state index contributed by atoms with van der Waals surface area (Å²) in [6.45, 7) is 10.3. The molecule has 0 fully saturated rings. The Kier molecular flexibility index (Phi) is 6.01. The van der Waals surface area contributed by atoms with Gasteiger partial charge in [-0.25, -0.2) is 0 Å². The third-order valence-electron chi connectivity index (χ3n) is 4.34. The topological polar surface area (TPSA) is 52.7 Å². The molecule has 3 rings (SSSR count). The van der Waals surface area contributed by atoms with Gasteiger partial charge in [-0.3, -0.25) is 4.79 Å². The molecule has 1 aromatic carbocycles. The number of thioether (sulfide) groups is 1. The fourth-order valence-corrected chi connectivity index (χ4v) is 4.34. The lowest BCUT2D eigenvalue weighted by molar-refractivity contribution is 0.102. The molecule has 0 atom stereocenters. The zero-order chi connectivity index (χ0) is 19.6. The van der Waals surface area contributed by atoms with Crippen molar-refractivity contribution in [3.05, 3.63) is 70.2 Å². The summed E-state index contributed by atoms with van der Waals surface area (Å²) in [6.07, 6.45) is 1.80. The van der Waals surface area contributed by atoms with Gasteiger partial charge in [-0.05, 0) is 45.0 Å². The molecule has 0 bridgehead atoms. The van der Waals surface area contributed by atoms with Crippen LogP contribution in [0.2, 0.25) is 0 Å². The van der Waals surface area contributed by atoms with E-state index in [0.29, 0.717) is 12.3 Å². The van der Waals surface area contributed by atoms with Crippen molar-refractivity contribution in [2.24, 2.45) is 0 Å². The highest BCUT2D eigenvalue weighted by Gasteiger charge is 2.18. The van der Waals surface area contributed by atoms with E-state index in [0.717, 1.165) is 38.1 Å². The van der Waals surface area contributed by atoms with E-state index < -0.39 is 0 Å². The van der Waals surface area contributed by atoms with Crippen LogP contribution in [0.15, 0.2) is 52.6 Å². The summed E-state index contributed by atoms with van der Waals surface area (Å²) >= 11 is 4.92. The molecule has 0 radical (unpaired) electrons. The first-order chi connectivity index (χ1) is 12.9. The minimum Gasteiger partial charge on any atom is -0.318 e. The number of rotatable bonds is 7. The Morgan fingerprint density at radius 3 is 2.74 bits per heavy atom. The number of Topliss-reactive ketones (excluding diaryl/α,β-unsaturated/α-hetero) is 1. The Balaban J connectivity index is 1.82. The summed E-state index contributed by atoms with van der Waals surface area (Å²) in [5.74, 6) is 1.22. The molecule has 27 heavy (non-hydrogen) atoms. The predicted octanol–water partition coefficient (Wildman–Crippen LogP) is 4.92. The molecular weight excluding hydrogens is 424 g/mol. The van der Waals surface area contributed by atoms with E-state index in [-0.39, 0.29) is 5.78 Å². The average Bonchev–Trinajstić information content (AvgIpc) is 3.13. The molecule has 0 aliphatic rings. The third-order valence-corrected chi connectivity index (χ3v) is 5.80. The summed E-state index contributed by atoms with van der Waals surface area (Å²) in [6, 6.07) is 10.0. The molecule has 140 valence electrons. The Hall–Kier alpha value is -2.12. The van der Waals surface area contributed by atoms with Crippen LogP contribution in [-0.4, -0.2) is 30.9 Å². The number of nitrogens with zero attached hydrogens (tertiary/aromatic N) is 4. The summed E-state index contributed by atoms with van der Waals surface area (Å²) < 4.78 is 5.07. The lowest BCUT2D eigenvalue weighted by Crippen LogP contribution is -2.07. The number of aryl methyl sites for hydroxylation is 2. The van der Waals surface area contributed by atoms with E-state index in [1.54, 1.807) is 6.08 Å². The molecule has 2 aromatic heterocycles. The van der Waals surface area contributed by atoms with Gasteiger partial charge < -0.3 is 9.13 Å². The maximum atomic E-state index is 12.9. The Bertz CT molecular complexity index is 1010. The SMILES string of the molecule is C=CCn1c(C)nnc1SCC(=O)c1cc(C)n(-c2cccc(Br)c2)c1C. The van der Waals surface area contributed by atoms with E-state index in [4.69, 9.17) is 0 Å². The number of hydrogen-bond donors (Lipinski definition) is 0. The van der Waals surface area contributed by atoms with E-state index in [1.165, 1.54) is 11.8 Å². The largest absolute Gasteiger partial charge is 0.318 e. The van der Waals surface area contributed by atoms with E-state index in [1.807, 2.05) is 55.7 Å². The number of benzene rings is 1. The van der Waals surface area contributed by atoms with Crippen molar-refractivity contribution < 1.29 is 4.79 Å². The highest BCUT2D eigenvalue weighted by Crippen LogP contribution is 2.25. The summed E-state index contributed by atoms with van der Waals surface area (Å²) in [7, 11) is 0. The van der Waals surface area contributed by atoms with Crippen molar-refractivity contribution in [2.75, 3.05) is 5.75 Å². The molecule has 2 heterocycles. The molecule has 0 saturated carbocycles. The first kappa shape index (κ1) is 19.6. The molecule has 0 aliphatic carbocycles. The van der Waals surface area contributed by atoms with Crippen molar-refractivity contribution in [2.45, 2.75) is 32.5 Å². The van der Waals surface area contributed by atoms with Crippen molar-refractivity contribution >= 4 is 33.5 Å². The van der Waals surface area contributed by atoms with Gasteiger partial charge in [-0.1, -0.05) is 39.8 Å². The lowest BCUT2D eigenvalue weighted by Gasteiger charge is -2.10. The van der Waals surface area contributed by atoms with Gasteiger partial charge in [-0.15, -0.1) is 16.8 Å².